The van der Waals surface area contributed by atoms with Crippen molar-refractivity contribution in [2.24, 2.45) is 0 Å². The van der Waals surface area contributed by atoms with E-state index in [1.165, 1.54) is 0 Å². The molecule has 17 heavy (non-hydrogen) atoms. The molecule has 0 saturated carbocycles. The Kier molecular flexibility index (Phi) is 4.06. The summed E-state index contributed by atoms with van der Waals surface area (Å²) in [6, 6.07) is 5.08. The van der Waals surface area contributed by atoms with Crippen molar-refractivity contribution in [3.63, 3.8) is 0 Å². The van der Waals surface area contributed by atoms with Gasteiger partial charge in [0, 0.05) is 17.3 Å². The molecule has 1 heterocycles. The van der Waals surface area contributed by atoms with Gasteiger partial charge in [-0.05, 0) is 12.1 Å². The van der Waals surface area contributed by atoms with E-state index in [1.807, 2.05) is 0 Å². The second-order valence-electron chi connectivity index (χ2n) is 3.22. The van der Waals surface area contributed by atoms with Crippen molar-refractivity contribution in [1.82, 2.24) is 4.98 Å². The molecule has 0 saturated heterocycles. The van der Waals surface area contributed by atoms with Gasteiger partial charge in [0.05, 0.1) is 20.1 Å². The monoisotopic (exact) mass is 325 g/mol. The second kappa shape index (κ2) is 5.21. The molecule has 6 heteroatoms. The highest BCUT2D eigenvalue weighted by Gasteiger charge is 2.11. The van der Waals surface area contributed by atoms with Gasteiger partial charge < -0.3 is 0 Å². The van der Waals surface area contributed by atoms with E-state index in [4.69, 9.17) is 58.0 Å². The highest BCUT2D eigenvalue weighted by molar-refractivity contribution is 6.49. The van der Waals surface area contributed by atoms with Crippen molar-refractivity contribution < 1.29 is 0 Å². The number of halogens is 5. The standard InChI is InChI=1S/C11H4Cl5N/c12-7-2-1-6(9(14)10(7)15)5-3-8(13)11(16)17-4-5/h1-4H. The van der Waals surface area contributed by atoms with Crippen LogP contribution in [0.3, 0.4) is 0 Å². The molecule has 0 fully saturated rings. The molecule has 1 nitrogen and oxygen atoms in total. The van der Waals surface area contributed by atoms with Crippen LogP contribution in [0.1, 0.15) is 0 Å². The third kappa shape index (κ3) is 2.64. The van der Waals surface area contributed by atoms with Gasteiger partial charge in [-0.25, -0.2) is 4.98 Å². The fraction of sp³-hybridized carbons (Fsp3) is 0. The van der Waals surface area contributed by atoms with Crippen molar-refractivity contribution in [3.8, 4) is 11.1 Å². The molecule has 2 aromatic rings. The lowest BCUT2D eigenvalue weighted by molar-refractivity contribution is 1.33. The molecular formula is C11H4Cl5N. The summed E-state index contributed by atoms with van der Waals surface area (Å²) in [7, 11) is 0. The van der Waals surface area contributed by atoms with Crippen LogP contribution in [0.25, 0.3) is 11.1 Å². The molecule has 0 aliphatic heterocycles. The Morgan fingerprint density at radius 2 is 1.53 bits per heavy atom. The number of benzene rings is 1. The first kappa shape index (κ1) is 13.3. The molecule has 2 rings (SSSR count). The highest BCUT2D eigenvalue weighted by Crippen LogP contribution is 2.38. The first-order valence-electron chi connectivity index (χ1n) is 4.45. The van der Waals surface area contributed by atoms with Gasteiger partial charge in [-0.1, -0.05) is 64.1 Å². The molecule has 0 bridgehead atoms. The number of rotatable bonds is 1. The lowest BCUT2D eigenvalue weighted by atomic mass is 10.1. The van der Waals surface area contributed by atoms with Gasteiger partial charge in [-0.2, -0.15) is 0 Å². The normalized spacial score (nSPS) is 10.6. The zero-order valence-corrected chi connectivity index (χ0v) is 11.9. The maximum atomic E-state index is 6.10. The quantitative estimate of drug-likeness (QED) is 0.461. The summed E-state index contributed by atoms with van der Waals surface area (Å²) in [6.07, 6.45) is 1.57. The predicted molar refractivity (Wildman–Crippen MR) is 74.7 cm³/mol. The van der Waals surface area contributed by atoms with Crippen molar-refractivity contribution in [2.75, 3.05) is 0 Å². The van der Waals surface area contributed by atoms with Gasteiger partial charge in [-0.15, -0.1) is 0 Å². The number of hydrogen-bond acceptors (Lipinski definition) is 1. The smallest absolute Gasteiger partial charge is 0.147 e. The number of nitrogens with zero attached hydrogens (tertiary/aromatic N) is 1. The fourth-order valence-electron chi connectivity index (χ4n) is 1.32. The number of aromatic nitrogens is 1. The minimum absolute atomic E-state index is 0.242. The van der Waals surface area contributed by atoms with E-state index >= 15 is 0 Å². The van der Waals surface area contributed by atoms with Crippen LogP contribution in [0.4, 0.5) is 0 Å². The van der Waals surface area contributed by atoms with E-state index in [0.29, 0.717) is 25.7 Å². The number of pyridine rings is 1. The first-order chi connectivity index (χ1) is 8.00. The van der Waals surface area contributed by atoms with Crippen LogP contribution in [0.15, 0.2) is 24.4 Å². The lowest BCUT2D eigenvalue weighted by Crippen LogP contribution is -1.85. The van der Waals surface area contributed by atoms with Crippen molar-refractivity contribution in [1.29, 1.82) is 0 Å². The van der Waals surface area contributed by atoms with E-state index in [1.54, 1.807) is 24.4 Å². The Morgan fingerprint density at radius 1 is 0.824 bits per heavy atom. The van der Waals surface area contributed by atoms with Crippen LogP contribution in [-0.2, 0) is 0 Å². The van der Waals surface area contributed by atoms with Gasteiger partial charge in [0.15, 0.2) is 0 Å². The molecule has 0 aliphatic rings. The Labute approximate surface area is 123 Å². The highest BCUT2D eigenvalue weighted by atomic mass is 35.5. The zero-order chi connectivity index (χ0) is 12.6. The Hall–Kier alpha value is -0.180. The molecule has 1 aromatic heterocycles. The SMILES string of the molecule is Clc1cc(-c2ccc(Cl)c(Cl)c2Cl)cnc1Cl. The maximum Gasteiger partial charge on any atom is 0.147 e. The summed E-state index contributed by atoms with van der Waals surface area (Å²) < 4.78 is 0. The van der Waals surface area contributed by atoms with Gasteiger partial charge in [-0.3, -0.25) is 0 Å². The van der Waals surface area contributed by atoms with Crippen molar-refractivity contribution in [3.05, 3.63) is 49.6 Å². The van der Waals surface area contributed by atoms with Crippen LogP contribution in [0.2, 0.25) is 25.2 Å². The van der Waals surface area contributed by atoms with Crippen LogP contribution in [0, 0.1) is 0 Å². The zero-order valence-electron chi connectivity index (χ0n) is 8.15. The molecular weight excluding hydrogens is 323 g/mol. The minimum Gasteiger partial charge on any atom is -0.242 e. The summed E-state index contributed by atoms with van der Waals surface area (Å²) in [5.41, 5.74) is 1.43. The van der Waals surface area contributed by atoms with E-state index in [0.717, 1.165) is 5.56 Å². The maximum absolute atomic E-state index is 6.10. The molecule has 0 amide bonds. The summed E-state index contributed by atoms with van der Waals surface area (Å²) in [4.78, 5) is 3.95. The minimum atomic E-state index is 0.242. The third-order valence-corrected chi connectivity index (χ3v) is 4.12. The molecule has 0 N–H and O–H groups in total. The van der Waals surface area contributed by atoms with Crippen molar-refractivity contribution in [2.45, 2.75) is 0 Å². The number of hydrogen-bond donors (Lipinski definition) is 0. The molecule has 88 valence electrons. The van der Waals surface area contributed by atoms with Gasteiger partial charge in [0.1, 0.15) is 5.15 Å². The van der Waals surface area contributed by atoms with Crippen LogP contribution < -0.4 is 0 Å². The van der Waals surface area contributed by atoms with Gasteiger partial charge in [0.25, 0.3) is 0 Å². The predicted octanol–water partition coefficient (Wildman–Crippen LogP) is 6.02. The Balaban J connectivity index is 2.61. The summed E-state index contributed by atoms with van der Waals surface area (Å²) >= 11 is 29.5. The molecule has 0 radical (unpaired) electrons. The van der Waals surface area contributed by atoms with E-state index in [-0.39, 0.29) is 5.15 Å². The molecule has 1 aromatic carbocycles. The fourth-order valence-corrected chi connectivity index (χ4v) is 2.23. The Bertz CT molecular complexity index is 582. The summed E-state index contributed by atoms with van der Waals surface area (Å²) in [6.45, 7) is 0. The average Bonchev–Trinajstić information content (AvgIpc) is 2.30. The lowest BCUT2D eigenvalue weighted by Gasteiger charge is -2.07. The molecule has 0 spiro atoms. The van der Waals surface area contributed by atoms with Gasteiger partial charge >= 0.3 is 0 Å². The largest absolute Gasteiger partial charge is 0.242 e. The van der Waals surface area contributed by atoms with Crippen molar-refractivity contribution >= 4 is 58.0 Å². The third-order valence-electron chi connectivity index (χ3n) is 2.14. The van der Waals surface area contributed by atoms with Crippen LogP contribution >= 0.6 is 58.0 Å². The topological polar surface area (TPSA) is 12.9 Å². The molecule has 0 atom stereocenters. The second-order valence-corrected chi connectivity index (χ2v) is 5.15. The molecule has 0 unspecified atom stereocenters. The Morgan fingerprint density at radius 3 is 2.18 bits per heavy atom. The van der Waals surface area contributed by atoms with E-state index in [2.05, 4.69) is 4.98 Å². The van der Waals surface area contributed by atoms with E-state index < -0.39 is 0 Å². The average molecular weight is 327 g/mol. The molecule has 0 aliphatic carbocycles. The summed E-state index contributed by atoms with van der Waals surface area (Å²) in [5, 5.41) is 1.66. The first-order valence-corrected chi connectivity index (χ1v) is 6.34. The van der Waals surface area contributed by atoms with E-state index in [9.17, 15) is 0 Å². The summed E-state index contributed by atoms with van der Waals surface area (Å²) in [5.74, 6) is 0. The van der Waals surface area contributed by atoms with Crippen LogP contribution in [0.5, 0.6) is 0 Å². The van der Waals surface area contributed by atoms with Crippen LogP contribution in [-0.4, -0.2) is 4.98 Å². The van der Waals surface area contributed by atoms with Gasteiger partial charge in [0.2, 0.25) is 0 Å².